The third-order valence-corrected chi connectivity index (χ3v) is 2.08. The number of hydrogen-bond acceptors (Lipinski definition) is 3. The fraction of sp³-hybridized carbons (Fsp3) is 0.625. The number of aryl methyl sites for hydroxylation is 1. The second-order valence-electron chi connectivity index (χ2n) is 3.07. The smallest absolute Gasteiger partial charge is 0.234 e. The summed E-state index contributed by atoms with van der Waals surface area (Å²) in [6.07, 6.45) is 3.03. The van der Waals surface area contributed by atoms with Gasteiger partial charge >= 0.3 is 0 Å². The Balaban J connectivity index is 1.98. The van der Waals surface area contributed by atoms with Crippen LogP contribution in [0.2, 0.25) is 0 Å². The molecule has 0 bridgehead atoms. The first kappa shape index (κ1) is 7.61. The van der Waals surface area contributed by atoms with Gasteiger partial charge in [0, 0.05) is 6.54 Å². The van der Waals surface area contributed by atoms with Crippen LogP contribution in [0.3, 0.4) is 0 Å². The lowest BCUT2D eigenvalue weighted by Gasteiger charge is -2.09. The van der Waals surface area contributed by atoms with Gasteiger partial charge in [0.05, 0.1) is 12.0 Å². The van der Waals surface area contributed by atoms with Gasteiger partial charge in [0.15, 0.2) is 0 Å². The maximum Gasteiger partial charge on any atom is 0.234 e. The third kappa shape index (κ3) is 1.43. The number of hydrogen-bond donors (Lipinski definition) is 2. The van der Waals surface area contributed by atoms with Crippen LogP contribution in [0.5, 0.6) is 5.88 Å². The van der Waals surface area contributed by atoms with Crippen LogP contribution in [0.4, 0.5) is 0 Å². The monoisotopic (exact) mass is 167 g/mol. The lowest BCUT2D eigenvalue weighted by atomic mass is 10.3. The van der Waals surface area contributed by atoms with Crippen molar-refractivity contribution in [3.8, 4) is 5.88 Å². The van der Waals surface area contributed by atoms with Gasteiger partial charge < -0.3 is 15.0 Å². The zero-order chi connectivity index (χ0) is 8.39. The summed E-state index contributed by atoms with van der Waals surface area (Å²) in [5.74, 6) is 0.740. The van der Waals surface area contributed by atoms with Crippen molar-refractivity contribution in [2.24, 2.45) is 0 Å². The second kappa shape index (κ2) is 3.15. The van der Waals surface area contributed by atoms with Crippen molar-refractivity contribution in [1.82, 2.24) is 15.3 Å². The zero-order valence-electron chi connectivity index (χ0n) is 7.13. The number of nitrogens with zero attached hydrogens (tertiary/aromatic N) is 1. The Kier molecular flexibility index (Phi) is 1.99. The lowest BCUT2D eigenvalue weighted by Crippen LogP contribution is -2.20. The summed E-state index contributed by atoms with van der Waals surface area (Å²) >= 11 is 0. The van der Waals surface area contributed by atoms with Gasteiger partial charge in [-0.25, -0.2) is 4.98 Å². The number of rotatable bonds is 2. The summed E-state index contributed by atoms with van der Waals surface area (Å²) in [6, 6.07) is 0. The van der Waals surface area contributed by atoms with E-state index in [4.69, 9.17) is 4.74 Å². The topological polar surface area (TPSA) is 49.9 Å². The van der Waals surface area contributed by atoms with E-state index in [1.54, 1.807) is 6.33 Å². The molecule has 1 atom stereocenters. The van der Waals surface area contributed by atoms with Crippen molar-refractivity contribution in [3.05, 3.63) is 12.0 Å². The van der Waals surface area contributed by atoms with E-state index < -0.39 is 0 Å². The van der Waals surface area contributed by atoms with Crippen LogP contribution >= 0.6 is 0 Å². The molecule has 66 valence electrons. The molecule has 1 aromatic heterocycles. The molecule has 4 nitrogen and oxygen atoms in total. The Hall–Kier alpha value is -1.03. The molecule has 0 aliphatic carbocycles. The minimum absolute atomic E-state index is 0.298. The molecular formula is C8H13N3O. The molecule has 12 heavy (non-hydrogen) atoms. The van der Waals surface area contributed by atoms with Crippen LogP contribution in [0.1, 0.15) is 12.1 Å². The van der Waals surface area contributed by atoms with Gasteiger partial charge in [-0.2, -0.15) is 0 Å². The third-order valence-electron chi connectivity index (χ3n) is 2.08. The predicted molar refractivity (Wildman–Crippen MR) is 45.2 cm³/mol. The van der Waals surface area contributed by atoms with Crippen molar-refractivity contribution in [3.63, 3.8) is 0 Å². The van der Waals surface area contributed by atoms with Crippen LogP contribution in [-0.2, 0) is 0 Å². The Morgan fingerprint density at radius 2 is 2.58 bits per heavy atom. The summed E-state index contributed by atoms with van der Waals surface area (Å²) in [4.78, 5) is 7.06. The minimum atomic E-state index is 0.298. The highest BCUT2D eigenvalue weighted by Gasteiger charge is 2.17. The van der Waals surface area contributed by atoms with Gasteiger partial charge in [-0.3, -0.25) is 0 Å². The van der Waals surface area contributed by atoms with Crippen molar-refractivity contribution >= 4 is 0 Å². The maximum absolute atomic E-state index is 5.64. The van der Waals surface area contributed by atoms with Gasteiger partial charge in [0.25, 0.3) is 0 Å². The van der Waals surface area contributed by atoms with E-state index in [1.165, 1.54) is 0 Å². The largest absolute Gasteiger partial charge is 0.472 e. The minimum Gasteiger partial charge on any atom is -0.472 e. The van der Waals surface area contributed by atoms with Gasteiger partial charge in [-0.15, -0.1) is 0 Å². The van der Waals surface area contributed by atoms with E-state index in [0.29, 0.717) is 6.10 Å². The second-order valence-corrected chi connectivity index (χ2v) is 3.07. The Morgan fingerprint density at radius 3 is 3.17 bits per heavy atom. The zero-order valence-corrected chi connectivity index (χ0v) is 7.13. The molecule has 1 saturated heterocycles. The van der Waals surface area contributed by atoms with Crippen LogP contribution in [0, 0.1) is 6.92 Å². The molecule has 0 radical (unpaired) electrons. The SMILES string of the molecule is Cc1[nH]cnc1OC1CCNC1. The number of H-pyrrole nitrogens is 1. The molecule has 0 amide bonds. The fourth-order valence-corrected chi connectivity index (χ4v) is 1.35. The highest BCUT2D eigenvalue weighted by atomic mass is 16.5. The number of imidazole rings is 1. The first-order valence-corrected chi connectivity index (χ1v) is 4.23. The highest BCUT2D eigenvalue weighted by molar-refractivity contribution is 5.16. The van der Waals surface area contributed by atoms with Crippen LogP contribution in [-0.4, -0.2) is 29.2 Å². The Morgan fingerprint density at radius 1 is 1.67 bits per heavy atom. The standard InChI is InChI=1S/C8H13N3O/c1-6-8(11-5-10-6)12-7-2-3-9-4-7/h5,7,9H,2-4H2,1H3,(H,10,11). The highest BCUT2D eigenvalue weighted by Crippen LogP contribution is 2.14. The van der Waals surface area contributed by atoms with E-state index in [2.05, 4.69) is 15.3 Å². The molecule has 1 unspecified atom stereocenters. The van der Waals surface area contributed by atoms with E-state index in [1.807, 2.05) is 6.92 Å². The normalized spacial score (nSPS) is 22.9. The fourth-order valence-electron chi connectivity index (χ4n) is 1.35. The first-order valence-electron chi connectivity index (χ1n) is 4.23. The summed E-state index contributed by atoms with van der Waals surface area (Å²) in [5.41, 5.74) is 1.00. The lowest BCUT2D eigenvalue weighted by molar-refractivity contribution is 0.213. The average Bonchev–Trinajstić information content (AvgIpc) is 2.65. The molecule has 0 saturated carbocycles. The van der Waals surface area contributed by atoms with E-state index in [-0.39, 0.29) is 0 Å². The van der Waals surface area contributed by atoms with Gasteiger partial charge in [0.1, 0.15) is 6.10 Å². The summed E-state index contributed by atoms with van der Waals surface area (Å²) in [6.45, 7) is 3.95. The summed E-state index contributed by atoms with van der Waals surface area (Å²) in [5, 5.41) is 3.24. The summed E-state index contributed by atoms with van der Waals surface area (Å²) < 4.78 is 5.64. The van der Waals surface area contributed by atoms with Crippen molar-refractivity contribution in [2.75, 3.05) is 13.1 Å². The molecule has 0 spiro atoms. The molecule has 4 heteroatoms. The molecule has 2 rings (SSSR count). The molecule has 1 aliphatic heterocycles. The van der Waals surface area contributed by atoms with Crippen LogP contribution in [0.15, 0.2) is 6.33 Å². The van der Waals surface area contributed by atoms with E-state index >= 15 is 0 Å². The first-order chi connectivity index (χ1) is 5.86. The molecule has 2 N–H and O–H groups in total. The molecule has 1 aliphatic rings. The van der Waals surface area contributed by atoms with Crippen LogP contribution in [0.25, 0.3) is 0 Å². The van der Waals surface area contributed by atoms with Gasteiger partial charge in [0.2, 0.25) is 5.88 Å². The average molecular weight is 167 g/mol. The van der Waals surface area contributed by atoms with E-state index in [0.717, 1.165) is 31.1 Å². The van der Waals surface area contributed by atoms with Crippen LogP contribution < -0.4 is 10.1 Å². The Bertz CT molecular complexity index is 253. The number of nitrogens with one attached hydrogen (secondary N) is 2. The van der Waals surface area contributed by atoms with Gasteiger partial charge in [-0.1, -0.05) is 0 Å². The summed E-state index contributed by atoms with van der Waals surface area (Å²) in [7, 11) is 0. The molecular weight excluding hydrogens is 154 g/mol. The maximum atomic E-state index is 5.64. The van der Waals surface area contributed by atoms with Crippen molar-refractivity contribution in [1.29, 1.82) is 0 Å². The van der Waals surface area contributed by atoms with Crippen molar-refractivity contribution in [2.45, 2.75) is 19.4 Å². The number of aromatic nitrogens is 2. The Labute approximate surface area is 71.3 Å². The van der Waals surface area contributed by atoms with Crippen molar-refractivity contribution < 1.29 is 4.74 Å². The number of aromatic amines is 1. The molecule has 1 fully saturated rings. The quantitative estimate of drug-likeness (QED) is 0.672. The molecule has 1 aromatic rings. The molecule has 0 aromatic carbocycles. The van der Waals surface area contributed by atoms with E-state index in [9.17, 15) is 0 Å². The predicted octanol–water partition coefficient (Wildman–Crippen LogP) is 0.459. The number of ether oxygens (including phenoxy) is 1. The van der Waals surface area contributed by atoms with Gasteiger partial charge in [-0.05, 0) is 19.9 Å². The molecule has 2 heterocycles.